The molecule has 20 heavy (non-hydrogen) atoms. The van der Waals surface area contributed by atoms with Crippen LogP contribution in [0.5, 0.6) is 0 Å². The number of carbonyl (C=O) groups excluding carboxylic acids is 1. The molecule has 0 aliphatic rings. The van der Waals surface area contributed by atoms with Crippen LogP contribution in [-0.2, 0) is 4.79 Å². The van der Waals surface area contributed by atoms with Crippen LogP contribution < -0.4 is 10.2 Å². The van der Waals surface area contributed by atoms with E-state index in [9.17, 15) is 4.79 Å². The van der Waals surface area contributed by atoms with Gasteiger partial charge in [0.05, 0.1) is 0 Å². The van der Waals surface area contributed by atoms with Crippen molar-refractivity contribution in [3.8, 4) is 0 Å². The molecule has 1 heterocycles. The summed E-state index contributed by atoms with van der Waals surface area (Å²) in [4.78, 5) is 27.7. The van der Waals surface area contributed by atoms with Gasteiger partial charge < -0.3 is 15.1 Å². The fourth-order valence-corrected chi connectivity index (χ4v) is 1.85. The molecule has 0 bridgehead atoms. The quantitative estimate of drug-likeness (QED) is 0.852. The number of hydrogen-bond acceptors (Lipinski definition) is 6. The Morgan fingerprint density at radius 2 is 1.85 bits per heavy atom. The summed E-state index contributed by atoms with van der Waals surface area (Å²) < 4.78 is 0. The number of anilines is 2. The molecule has 1 unspecified atom stereocenters. The largest absolute Gasteiger partial charge is 0.347 e. The molecular formula is C12H21ClN6O. The molecule has 0 aliphatic carbocycles. The Morgan fingerprint density at radius 3 is 2.35 bits per heavy atom. The van der Waals surface area contributed by atoms with Crippen LogP contribution in [0.2, 0.25) is 5.28 Å². The minimum Gasteiger partial charge on any atom is -0.347 e. The van der Waals surface area contributed by atoms with Gasteiger partial charge in [-0.2, -0.15) is 15.0 Å². The zero-order valence-corrected chi connectivity index (χ0v) is 13.3. The molecule has 0 aliphatic heterocycles. The molecule has 0 saturated carbocycles. The van der Waals surface area contributed by atoms with Crippen molar-refractivity contribution < 1.29 is 4.79 Å². The van der Waals surface area contributed by atoms with Crippen LogP contribution in [0.3, 0.4) is 0 Å². The van der Waals surface area contributed by atoms with Crippen molar-refractivity contribution in [2.75, 3.05) is 37.4 Å². The summed E-state index contributed by atoms with van der Waals surface area (Å²) in [6.45, 7) is 7.29. The van der Waals surface area contributed by atoms with Gasteiger partial charge in [0.2, 0.25) is 23.1 Å². The highest BCUT2D eigenvalue weighted by molar-refractivity contribution is 6.28. The van der Waals surface area contributed by atoms with Gasteiger partial charge in [-0.25, -0.2) is 0 Å². The summed E-state index contributed by atoms with van der Waals surface area (Å²) in [6.07, 6.45) is 0. The van der Waals surface area contributed by atoms with Crippen LogP contribution in [0.25, 0.3) is 0 Å². The molecule has 7 nitrogen and oxygen atoms in total. The minimum atomic E-state index is -0.437. The maximum Gasteiger partial charge on any atom is 0.244 e. The Labute approximate surface area is 124 Å². The van der Waals surface area contributed by atoms with Crippen LogP contribution in [0, 0.1) is 0 Å². The molecule has 0 saturated heterocycles. The molecule has 0 aromatic carbocycles. The first-order valence-corrected chi connectivity index (χ1v) is 6.91. The lowest BCUT2D eigenvalue weighted by Gasteiger charge is -2.21. The van der Waals surface area contributed by atoms with Crippen molar-refractivity contribution in [3.05, 3.63) is 5.28 Å². The first kappa shape index (κ1) is 16.4. The molecule has 1 aromatic heterocycles. The van der Waals surface area contributed by atoms with Crippen LogP contribution in [0.4, 0.5) is 11.9 Å². The summed E-state index contributed by atoms with van der Waals surface area (Å²) in [7, 11) is 3.39. The van der Waals surface area contributed by atoms with E-state index in [-0.39, 0.29) is 11.2 Å². The number of rotatable bonds is 6. The van der Waals surface area contributed by atoms with E-state index in [1.807, 2.05) is 18.7 Å². The van der Waals surface area contributed by atoms with E-state index in [0.717, 1.165) is 13.1 Å². The second-order valence-electron chi connectivity index (χ2n) is 4.50. The second kappa shape index (κ2) is 7.23. The van der Waals surface area contributed by atoms with Crippen molar-refractivity contribution in [1.29, 1.82) is 0 Å². The fourth-order valence-electron chi connectivity index (χ4n) is 1.69. The average Bonchev–Trinajstić information content (AvgIpc) is 2.38. The maximum absolute atomic E-state index is 11.8. The number of nitrogens with zero attached hydrogens (tertiary/aromatic N) is 5. The highest BCUT2D eigenvalue weighted by Crippen LogP contribution is 2.14. The lowest BCUT2D eigenvalue weighted by Crippen LogP contribution is -2.37. The van der Waals surface area contributed by atoms with Gasteiger partial charge in [0.15, 0.2) is 0 Å². The Morgan fingerprint density at radius 1 is 1.25 bits per heavy atom. The first-order valence-electron chi connectivity index (χ1n) is 6.53. The van der Waals surface area contributed by atoms with Crippen molar-refractivity contribution in [2.45, 2.75) is 26.8 Å². The Kier molecular flexibility index (Phi) is 5.94. The lowest BCUT2D eigenvalue weighted by atomic mass is 10.3. The van der Waals surface area contributed by atoms with Gasteiger partial charge >= 0.3 is 0 Å². The lowest BCUT2D eigenvalue weighted by molar-refractivity contribution is -0.129. The van der Waals surface area contributed by atoms with Gasteiger partial charge in [-0.3, -0.25) is 4.79 Å². The molecule has 112 valence electrons. The Balaban J connectivity index is 2.93. The number of aromatic nitrogens is 3. The van der Waals surface area contributed by atoms with Crippen LogP contribution >= 0.6 is 11.6 Å². The van der Waals surface area contributed by atoms with Gasteiger partial charge in [0.25, 0.3) is 0 Å². The van der Waals surface area contributed by atoms with E-state index in [0.29, 0.717) is 11.9 Å². The van der Waals surface area contributed by atoms with Gasteiger partial charge in [-0.1, -0.05) is 0 Å². The number of amides is 1. The van der Waals surface area contributed by atoms with Crippen molar-refractivity contribution >= 4 is 29.4 Å². The third-order valence-corrected chi connectivity index (χ3v) is 2.97. The van der Waals surface area contributed by atoms with Crippen LogP contribution in [-0.4, -0.2) is 59.0 Å². The molecule has 8 heteroatoms. The van der Waals surface area contributed by atoms with E-state index in [1.165, 1.54) is 4.90 Å². The number of likely N-dealkylation sites (N-methyl/N-ethyl adjacent to an activating group) is 1. The molecule has 0 fully saturated rings. The number of carbonyl (C=O) groups is 1. The highest BCUT2D eigenvalue weighted by Gasteiger charge is 2.17. The van der Waals surface area contributed by atoms with E-state index in [2.05, 4.69) is 20.3 Å². The van der Waals surface area contributed by atoms with Gasteiger partial charge in [-0.05, 0) is 32.4 Å². The molecule has 1 atom stereocenters. The molecule has 1 rings (SSSR count). The summed E-state index contributed by atoms with van der Waals surface area (Å²) in [5.41, 5.74) is 0. The molecule has 1 amide bonds. The summed E-state index contributed by atoms with van der Waals surface area (Å²) >= 11 is 5.91. The first-order chi connectivity index (χ1) is 9.38. The smallest absolute Gasteiger partial charge is 0.244 e. The Bertz CT molecular complexity index is 463. The zero-order chi connectivity index (χ0) is 15.3. The summed E-state index contributed by atoms with van der Waals surface area (Å²) in [5.74, 6) is 0.738. The van der Waals surface area contributed by atoms with E-state index >= 15 is 0 Å². The monoisotopic (exact) mass is 300 g/mol. The minimum absolute atomic E-state index is 0.0640. The molecule has 0 spiro atoms. The summed E-state index contributed by atoms with van der Waals surface area (Å²) in [6, 6.07) is -0.437. The van der Waals surface area contributed by atoms with Crippen LogP contribution in [0.15, 0.2) is 0 Å². The van der Waals surface area contributed by atoms with E-state index < -0.39 is 6.04 Å². The molecule has 1 aromatic rings. The van der Waals surface area contributed by atoms with Crippen molar-refractivity contribution in [3.63, 3.8) is 0 Å². The van der Waals surface area contributed by atoms with Gasteiger partial charge in [-0.15, -0.1) is 0 Å². The topological polar surface area (TPSA) is 74.2 Å². The zero-order valence-electron chi connectivity index (χ0n) is 12.5. The van der Waals surface area contributed by atoms with Crippen molar-refractivity contribution in [2.24, 2.45) is 0 Å². The van der Waals surface area contributed by atoms with Crippen LogP contribution in [0.1, 0.15) is 20.8 Å². The van der Waals surface area contributed by atoms with Gasteiger partial charge in [0, 0.05) is 27.2 Å². The highest BCUT2D eigenvalue weighted by atomic mass is 35.5. The Hall–Kier alpha value is -1.63. The predicted octanol–water partition coefficient (Wildman–Crippen LogP) is 1.26. The number of hydrogen-bond donors (Lipinski definition) is 1. The third kappa shape index (κ3) is 4.19. The molecular weight excluding hydrogens is 280 g/mol. The number of halogens is 1. The molecule has 1 N–H and O–H groups in total. The average molecular weight is 301 g/mol. The maximum atomic E-state index is 11.8. The molecule has 0 radical (unpaired) electrons. The van der Waals surface area contributed by atoms with E-state index in [1.54, 1.807) is 21.0 Å². The van der Waals surface area contributed by atoms with E-state index in [4.69, 9.17) is 11.6 Å². The number of nitrogens with one attached hydrogen (secondary N) is 1. The standard InChI is InChI=1S/C12H21ClN6O/c1-6-19(7-2)12-16-10(13)15-11(17-12)14-8(3)9(20)18(4)5/h8H,6-7H2,1-5H3,(H,14,15,16,17). The predicted molar refractivity (Wildman–Crippen MR) is 80.2 cm³/mol. The SMILES string of the molecule is CCN(CC)c1nc(Cl)nc(NC(C)C(=O)N(C)C)n1. The fraction of sp³-hybridized carbons (Fsp3) is 0.667. The normalized spacial score (nSPS) is 11.9. The summed E-state index contributed by atoms with van der Waals surface area (Å²) in [5, 5.41) is 3.05. The van der Waals surface area contributed by atoms with Gasteiger partial charge in [0.1, 0.15) is 6.04 Å². The van der Waals surface area contributed by atoms with Crippen molar-refractivity contribution in [1.82, 2.24) is 19.9 Å². The second-order valence-corrected chi connectivity index (χ2v) is 4.84. The third-order valence-electron chi connectivity index (χ3n) is 2.80.